The Kier molecular flexibility index (Phi) is 4.24. The van der Waals surface area contributed by atoms with Gasteiger partial charge in [0.15, 0.2) is 0 Å². The van der Waals surface area contributed by atoms with Crippen molar-refractivity contribution in [3.8, 4) is 0 Å². The number of ether oxygens (including phenoxy) is 1. The van der Waals surface area contributed by atoms with Gasteiger partial charge in [0.05, 0.1) is 23.3 Å². The van der Waals surface area contributed by atoms with Gasteiger partial charge in [0, 0.05) is 5.39 Å². The van der Waals surface area contributed by atoms with E-state index in [1.165, 1.54) is 17.7 Å². The smallest absolute Gasteiger partial charge is 0.350 e. The number of carbonyl (C=O) groups is 1. The number of para-hydroxylation sites is 1. The zero-order valence-corrected chi connectivity index (χ0v) is 12.8. The third-order valence-corrected chi connectivity index (χ3v) is 4.01. The van der Waals surface area contributed by atoms with Crippen molar-refractivity contribution in [2.75, 3.05) is 18.5 Å². The number of benzene rings is 1. The second-order valence-electron chi connectivity index (χ2n) is 4.57. The molecule has 0 unspecified atom stereocenters. The minimum Gasteiger partial charge on any atom is -0.460 e. The highest BCUT2D eigenvalue weighted by Crippen LogP contribution is 2.18. The monoisotopic (exact) mass is 314 g/mol. The number of nitrogens with zero attached hydrogens (tertiary/aromatic N) is 3. The van der Waals surface area contributed by atoms with Crippen LogP contribution in [0.15, 0.2) is 36.1 Å². The molecule has 22 heavy (non-hydrogen) atoms. The molecule has 0 saturated carbocycles. The minimum absolute atomic E-state index is 0.258. The van der Waals surface area contributed by atoms with Crippen molar-refractivity contribution in [2.45, 2.75) is 6.92 Å². The first kappa shape index (κ1) is 14.4. The van der Waals surface area contributed by atoms with Gasteiger partial charge in [-0.3, -0.25) is 0 Å². The van der Waals surface area contributed by atoms with Crippen LogP contribution in [0.3, 0.4) is 0 Å². The fourth-order valence-electron chi connectivity index (χ4n) is 2.02. The Hall–Kier alpha value is -2.54. The molecule has 112 valence electrons. The zero-order valence-electron chi connectivity index (χ0n) is 11.9. The summed E-state index contributed by atoms with van der Waals surface area (Å²) >= 11 is 1.29. The topological polar surface area (TPSA) is 77.0 Å². The third-order valence-electron chi connectivity index (χ3n) is 3.10. The fraction of sp³-hybridized carbons (Fsp3) is 0.200. The molecule has 0 atom stereocenters. The van der Waals surface area contributed by atoms with Crippen molar-refractivity contribution < 1.29 is 9.53 Å². The van der Waals surface area contributed by atoms with Gasteiger partial charge in [-0.15, -0.1) is 11.3 Å². The SMILES string of the molecule is Cc1ncsc1C(=O)OCCNc1ncnc2ccccc12. The lowest BCUT2D eigenvalue weighted by Gasteiger charge is -2.08. The van der Waals surface area contributed by atoms with Crippen molar-refractivity contribution in [1.82, 2.24) is 15.0 Å². The lowest BCUT2D eigenvalue weighted by molar-refractivity contribution is 0.0525. The van der Waals surface area contributed by atoms with Crippen LogP contribution in [0.1, 0.15) is 15.4 Å². The second-order valence-corrected chi connectivity index (χ2v) is 5.42. The molecule has 0 fully saturated rings. The van der Waals surface area contributed by atoms with Crippen LogP contribution in [0.5, 0.6) is 0 Å². The Balaban J connectivity index is 1.57. The molecule has 7 heteroatoms. The van der Waals surface area contributed by atoms with Gasteiger partial charge in [-0.05, 0) is 19.1 Å². The number of carbonyl (C=O) groups excluding carboxylic acids is 1. The van der Waals surface area contributed by atoms with Crippen LogP contribution < -0.4 is 5.32 Å². The van der Waals surface area contributed by atoms with Gasteiger partial charge in [-0.2, -0.15) is 0 Å². The Morgan fingerprint density at radius 2 is 2.14 bits per heavy atom. The van der Waals surface area contributed by atoms with Gasteiger partial charge < -0.3 is 10.1 Å². The quantitative estimate of drug-likeness (QED) is 0.576. The van der Waals surface area contributed by atoms with E-state index in [0.29, 0.717) is 17.1 Å². The van der Waals surface area contributed by atoms with E-state index < -0.39 is 0 Å². The predicted molar refractivity (Wildman–Crippen MR) is 85.2 cm³/mol. The van der Waals surface area contributed by atoms with E-state index in [-0.39, 0.29) is 12.6 Å². The van der Waals surface area contributed by atoms with Crippen molar-refractivity contribution in [2.24, 2.45) is 0 Å². The highest BCUT2D eigenvalue weighted by atomic mass is 32.1. The van der Waals surface area contributed by atoms with Crippen LogP contribution in [0.2, 0.25) is 0 Å². The fourth-order valence-corrected chi connectivity index (χ4v) is 2.72. The molecule has 0 spiro atoms. The first-order chi connectivity index (χ1) is 10.8. The van der Waals surface area contributed by atoms with E-state index in [2.05, 4.69) is 20.3 Å². The van der Waals surface area contributed by atoms with Gasteiger partial charge in [0.2, 0.25) is 0 Å². The minimum atomic E-state index is -0.339. The summed E-state index contributed by atoms with van der Waals surface area (Å²) in [7, 11) is 0. The van der Waals surface area contributed by atoms with E-state index in [1.807, 2.05) is 24.3 Å². The molecule has 0 bridgehead atoms. The number of anilines is 1. The Morgan fingerprint density at radius 1 is 1.27 bits per heavy atom. The maximum atomic E-state index is 11.8. The molecule has 0 saturated heterocycles. The third kappa shape index (κ3) is 3.04. The average Bonchev–Trinajstić information content (AvgIpc) is 2.97. The van der Waals surface area contributed by atoms with Gasteiger partial charge in [0.1, 0.15) is 23.6 Å². The lowest BCUT2D eigenvalue weighted by Crippen LogP contribution is -2.14. The maximum Gasteiger partial charge on any atom is 0.350 e. The van der Waals surface area contributed by atoms with Gasteiger partial charge in [-0.25, -0.2) is 19.7 Å². The molecule has 0 aliphatic rings. The molecule has 3 rings (SSSR count). The molecule has 1 N–H and O–H groups in total. The Morgan fingerprint density at radius 3 is 2.95 bits per heavy atom. The van der Waals surface area contributed by atoms with Crippen molar-refractivity contribution >= 4 is 34.0 Å². The Labute approximate surface area is 131 Å². The van der Waals surface area contributed by atoms with Crippen molar-refractivity contribution in [3.63, 3.8) is 0 Å². The van der Waals surface area contributed by atoms with E-state index in [4.69, 9.17) is 4.74 Å². The number of fused-ring (bicyclic) bond motifs is 1. The highest BCUT2D eigenvalue weighted by molar-refractivity contribution is 7.11. The number of esters is 1. The molecule has 0 aliphatic carbocycles. The molecule has 6 nitrogen and oxygen atoms in total. The molecular weight excluding hydrogens is 300 g/mol. The second kappa shape index (κ2) is 6.48. The first-order valence-electron chi connectivity index (χ1n) is 6.76. The molecule has 0 amide bonds. The average molecular weight is 314 g/mol. The van der Waals surface area contributed by atoms with E-state index in [0.717, 1.165) is 16.7 Å². The summed E-state index contributed by atoms with van der Waals surface area (Å²) in [6, 6.07) is 7.74. The highest BCUT2D eigenvalue weighted by Gasteiger charge is 2.12. The van der Waals surface area contributed by atoms with Crippen LogP contribution in [0.4, 0.5) is 5.82 Å². The summed E-state index contributed by atoms with van der Waals surface area (Å²) in [6.07, 6.45) is 1.51. The van der Waals surface area contributed by atoms with Crippen LogP contribution in [0.25, 0.3) is 10.9 Å². The first-order valence-corrected chi connectivity index (χ1v) is 7.64. The molecule has 0 aliphatic heterocycles. The number of hydrogen-bond acceptors (Lipinski definition) is 7. The number of thiazole rings is 1. The summed E-state index contributed by atoms with van der Waals surface area (Å²) in [5, 5.41) is 4.10. The molecular formula is C15H14N4O2S. The number of aromatic nitrogens is 3. The van der Waals surface area contributed by atoms with E-state index in [9.17, 15) is 4.79 Å². The lowest BCUT2D eigenvalue weighted by atomic mass is 10.2. The molecule has 2 heterocycles. The summed E-state index contributed by atoms with van der Waals surface area (Å²) in [5.74, 6) is 0.393. The summed E-state index contributed by atoms with van der Waals surface area (Å²) in [5.41, 5.74) is 3.21. The zero-order chi connectivity index (χ0) is 15.4. The predicted octanol–water partition coefficient (Wildman–Crippen LogP) is 2.66. The summed E-state index contributed by atoms with van der Waals surface area (Å²) < 4.78 is 5.23. The van der Waals surface area contributed by atoms with Gasteiger partial charge in [0.25, 0.3) is 0 Å². The van der Waals surface area contributed by atoms with Crippen LogP contribution in [0, 0.1) is 6.92 Å². The molecule has 2 aromatic heterocycles. The van der Waals surface area contributed by atoms with Gasteiger partial charge >= 0.3 is 5.97 Å². The van der Waals surface area contributed by atoms with Crippen LogP contribution >= 0.6 is 11.3 Å². The van der Waals surface area contributed by atoms with Crippen molar-refractivity contribution in [3.05, 3.63) is 46.7 Å². The standard InChI is InChI=1S/C15H14N4O2S/c1-10-13(22-9-19-10)15(20)21-7-6-16-14-11-4-2-3-5-12(11)17-8-18-14/h2-5,8-9H,6-7H2,1H3,(H,16,17,18). The number of nitrogens with one attached hydrogen (secondary N) is 1. The van der Waals surface area contributed by atoms with Gasteiger partial charge in [-0.1, -0.05) is 12.1 Å². The van der Waals surface area contributed by atoms with Crippen LogP contribution in [-0.4, -0.2) is 34.1 Å². The maximum absolute atomic E-state index is 11.8. The summed E-state index contributed by atoms with van der Waals surface area (Å²) in [4.78, 5) is 24.8. The Bertz CT molecular complexity index is 798. The molecule has 3 aromatic rings. The normalized spacial score (nSPS) is 10.6. The number of rotatable bonds is 5. The summed E-state index contributed by atoms with van der Waals surface area (Å²) in [6.45, 7) is 2.53. The van der Waals surface area contributed by atoms with Crippen LogP contribution in [-0.2, 0) is 4.74 Å². The number of aryl methyl sites for hydroxylation is 1. The van der Waals surface area contributed by atoms with E-state index in [1.54, 1.807) is 12.4 Å². The largest absolute Gasteiger partial charge is 0.460 e. The van der Waals surface area contributed by atoms with E-state index >= 15 is 0 Å². The number of hydrogen-bond donors (Lipinski definition) is 1. The molecule has 1 aromatic carbocycles. The molecule has 0 radical (unpaired) electrons. The van der Waals surface area contributed by atoms with Crippen molar-refractivity contribution in [1.29, 1.82) is 0 Å².